The quantitative estimate of drug-likeness (QED) is 0.792. The van der Waals surface area contributed by atoms with Crippen LogP contribution in [0.3, 0.4) is 0 Å². The summed E-state index contributed by atoms with van der Waals surface area (Å²) in [4.78, 5) is 11.0. The van der Waals surface area contributed by atoms with Crippen molar-refractivity contribution < 1.29 is 14.3 Å². The molecule has 0 heterocycles. The van der Waals surface area contributed by atoms with Crippen LogP contribution in [0.1, 0.15) is 21.5 Å². The lowest BCUT2D eigenvalue weighted by atomic mass is 10.1. The highest BCUT2D eigenvalue weighted by atomic mass is 35.5. The topological polar surface area (TPSA) is 59.3 Å². The van der Waals surface area contributed by atoms with Crippen LogP contribution in [0.4, 0.5) is 0 Å². The summed E-state index contributed by atoms with van der Waals surface area (Å²) < 4.78 is 10.7. The molecular weight excluding hydrogens is 290 g/mol. The summed E-state index contributed by atoms with van der Waals surface area (Å²) in [5.74, 6) is 0.844. The molecule has 0 aliphatic heterocycles. The van der Waals surface area contributed by atoms with Gasteiger partial charge >= 0.3 is 0 Å². The predicted octanol–water partition coefficient (Wildman–Crippen LogP) is 3.61. The molecule has 21 heavy (non-hydrogen) atoms. The first-order valence-corrected chi connectivity index (χ1v) is 6.51. The van der Waals surface area contributed by atoms with Gasteiger partial charge in [-0.3, -0.25) is 4.79 Å². The number of halogens is 1. The highest BCUT2D eigenvalue weighted by molar-refractivity contribution is 6.32. The number of hydrogen-bond donors (Lipinski definition) is 0. The Bertz CT molecular complexity index is 707. The normalized spacial score (nSPS) is 9.76. The average Bonchev–Trinajstić information content (AvgIpc) is 2.53. The molecule has 5 heteroatoms. The number of carbonyl (C=O) groups excluding carboxylic acids is 1. The minimum absolute atomic E-state index is 0.198. The molecule has 0 aliphatic carbocycles. The number of rotatable bonds is 5. The van der Waals surface area contributed by atoms with Crippen molar-refractivity contribution in [3.63, 3.8) is 0 Å². The van der Waals surface area contributed by atoms with Crippen LogP contribution in [0, 0.1) is 11.3 Å². The fraction of sp³-hybridized carbons (Fsp3) is 0.125. The van der Waals surface area contributed by atoms with Gasteiger partial charge < -0.3 is 9.47 Å². The van der Waals surface area contributed by atoms with E-state index in [9.17, 15) is 4.79 Å². The lowest BCUT2D eigenvalue weighted by molar-refractivity contribution is 0.111. The summed E-state index contributed by atoms with van der Waals surface area (Å²) in [7, 11) is 1.51. The van der Waals surface area contributed by atoms with Gasteiger partial charge in [0.1, 0.15) is 24.2 Å². The third kappa shape index (κ3) is 3.33. The molecule has 106 valence electrons. The molecule has 0 radical (unpaired) electrons. The monoisotopic (exact) mass is 301 g/mol. The van der Waals surface area contributed by atoms with Gasteiger partial charge in [0.05, 0.1) is 23.3 Å². The maximum atomic E-state index is 11.0. The van der Waals surface area contributed by atoms with Crippen molar-refractivity contribution in [2.45, 2.75) is 6.61 Å². The lowest BCUT2D eigenvalue weighted by Crippen LogP contribution is -2.00. The first kappa shape index (κ1) is 14.9. The number of ether oxygens (including phenoxy) is 2. The van der Waals surface area contributed by atoms with E-state index in [4.69, 9.17) is 26.3 Å². The molecule has 4 nitrogen and oxygen atoms in total. The maximum absolute atomic E-state index is 11.0. The van der Waals surface area contributed by atoms with E-state index in [1.165, 1.54) is 7.11 Å². The zero-order valence-electron chi connectivity index (χ0n) is 11.3. The average molecular weight is 302 g/mol. The van der Waals surface area contributed by atoms with Gasteiger partial charge in [0.2, 0.25) is 0 Å². The van der Waals surface area contributed by atoms with E-state index in [2.05, 4.69) is 6.07 Å². The SMILES string of the molecule is COc1ccc(COc2c(Cl)cccc2C=O)cc1C#N. The molecule has 0 unspecified atom stereocenters. The summed E-state index contributed by atoms with van der Waals surface area (Å²) in [6.45, 7) is 0.198. The van der Waals surface area contributed by atoms with Crippen LogP contribution in [0.25, 0.3) is 0 Å². The Morgan fingerprint density at radius 3 is 2.81 bits per heavy atom. The Morgan fingerprint density at radius 1 is 1.33 bits per heavy atom. The zero-order valence-corrected chi connectivity index (χ0v) is 12.1. The van der Waals surface area contributed by atoms with Gasteiger partial charge in [0.25, 0.3) is 0 Å². The van der Waals surface area contributed by atoms with Crippen LogP contribution in [-0.2, 0) is 6.61 Å². The van der Waals surface area contributed by atoms with Gasteiger partial charge in [-0.05, 0) is 29.8 Å². The van der Waals surface area contributed by atoms with Gasteiger partial charge in [0.15, 0.2) is 6.29 Å². The number of aldehydes is 1. The number of benzene rings is 2. The molecule has 0 amide bonds. The first-order valence-electron chi connectivity index (χ1n) is 6.13. The zero-order chi connectivity index (χ0) is 15.2. The van der Waals surface area contributed by atoms with Gasteiger partial charge in [0, 0.05) is 0 Å². The van der Waals surface area contributed by atoms with Gasteiger partial charge in [-0.25, -0.2) is 0 Å². The maximum Gasteiger partial charge on any atom is 0.153 e. The van der Waals surface area contributed by atoms with Crippen molar-refractivity contribution in [3.8, 4) is 17.6 Å². The minimum atomic E-state index is 0.198. The van der Waals surface area contributed by atoms with Gasteiger partial charge in [-0.15, -0.1) is 0 Å². The molecule has 0 saturated heterocycles. The van der Waals surface area contributed by atoms with E-state index in [0.717, 1.165) is 5.56 Å². The Balaban J connectivity index is 2.21. The van der Waals surface area contributed by atoms with Crippen molar-refractivity contribution in [2.75, 3.05) is 7.11 Å². The molecule has 0 saturated carbocycles. The Kier molecular flexibility index (Phi) is 4.81. The summed E-state index contributed by atoms with van der Waals surface area (Å²) in [5.41, 5.74) is 1.59. The third-order valence-corrected chi connectivity index (χ3v) is 3.19. The highest BCUT2D eigenvalue weighted by Crippen LogP contribution is 2.28. The molecule has 0 fully saturated rings. The second kappa shape index (κ2) is 6.78. The molecule has 2 rings (SSSR count). The molecule has 0 aliphatic rings. The van der Waals surface area contributed by atoms with Crippen molar-refractivity contribution in [1.29, 1.82) is 5.26 Å². The Morgan fingerprint density at radius 2 is 2.14 bits per heavy atom. The van der Waals surface area contributed by atoms with E-state index in [1.54, 1.807) is 36.4 Å². The van der Waals surface area contributed by atoms with Gasteiger partial charge in [-0.2, -0.15) is 5.26 Å². The van der Waals surface area contributed by atoms with E-state index in [-0.39, 0.29) is 6.61 Å². The van der Waals surface area contributed by atoms with E-state index in [0.29, 0.717) is 33.9 Å². The van der Waals surface area contributed by atoms with Crippen molar-refractivity contribution in [2.24, 2.45) is 0 Å². The number of para-hydroxylation sites is 1. The number of nitrogens with zero attached hydrogens (tertiary/aromatic N) is 1. The fourth-order valence-corrected chi connectivity index (χ4v) is 2.09. The smallest absolute Gasteiger partial charge is 0.153 e. The number of hydrogen-bond acceptors (Lipinski definition) is 4. The van der Waals surface area contributed by atoms with Crippen LogP contribution in [0.5, 0.6) is 11.5 Å². The van der Waals surface area contributed by atoms with E-state index < -0.39 is 0 Å². The van der Waals surface area contributed by atoms with Gasteiger partial charge in [-0.1, -0.05) is 23.7 Å². The number of nitriles is 1. The standard InChI is InChI=1S/C16H12ClNO3/c1-20-15-6-5-11(7-13(15)8-18)10-21-16-12(9-19)3-2-4-14(16)17/h2-7,9H,10H2,1H3. The van der Waals surface area contributed by atoms with Crippen molar-refractivity contribution >= 4 is 17.9 Å². The molecule has 2 aromatic rings. The van der Waals surface area contributed by atoms with Crippen molar-refractivity contribution in [3.05, 3.63) is 58.1 Å². The summed E-state index contributed by atoms with van der Waals surface area (Å²) in [6, 6.07) is 12.2. The van der Waals surface area contributed by atoms with Crippen molar-refractivity contribution in [1.82, 2.24) is 0 Å². The van der Waals surface area contributed by atoms with E-state index in [1.807, 2.05) is 0 Å². The largest absolute Gasteiger partial charge is 0.495 e. The third-order valence-electron chi connectivity index (χ3n) is 2.89. The molecular formula is C16H12ClNO3. The number of methoxy groups -OCH3 is 1. The van der Waals surface area contributed by atoms with Crippen LogP contribution in [-0.4, -0.2) is 13.4 Å². The first-order chi connectivity index (χ1) is 10.2. The van der Waals surface area contributed by atoms with E-state index >= 15 is 0 Å². The number of carbonyl (C=O) groups is 1. The second-order valence-electron chi connectivity index (χ2n) is 4.21. The molecule has 0 atom stereocenters. The molecule has 0 spiro atoms. The highest BCUT2D eigenvalue weighted by Gasteiger charge is 2.09. The summed E-state index contributed by atoms with van der Waals surface area (Å²) >= 11 is 6.02. The molecule has 0 aromatic heterocycles. The second-order valence-corrected chi connectivity index (χ2v) is 4.62. The van der Waals surface area contributed by atoms with Crippen LogP contribution in [0.15, 0.2) is 36.4 Å². The Labute approximate surface area is 127 Å². The minimum Gasteiger partial charge on any atom is -0.495 e. The van der Waals surface area contributed by atoms with Crippen LogP contribution < -0.4 is 9.47 Å². The Hall–Kier alpha value is -2.51. The molecule has 0 N–H and O–H groups in total. The van der Waals surface area contributed by atoms with Crippen LogP contribution >= 0.6 is 11.6 Å². The predicted molar refractivity (Wildman–Crippen MR) is 78.9 cm³/mol. The summed E-state index contributed by atoms with van der Waals surface area (Å²) in [5, 5.41) is 9.42. The molecule has 0 bridgehead atoms. The fourth-order valence-electron chi connectivity index (χ4n) is 1.86. The molecule has 2 aromatic carbocycles. The lowest BCUT2D eigenvalue weighted by Gasteiger charge is -2.11. The van der Waals surface area contributed by atoms with Crippen LogP contribution in [0.2, 0.25) is 5.02 Å². The summed E-state index contributed by atoms with van der Waals surface area (Å²) in [6.07, 6.45) is 0.690.